The molecule has 1 amide bonds. The molecule has 0 bridgehead atoms. The second-order valence-electron chi connectivity index (χ2n) is 3.80. The Labute approximate surface area is 104 Å². The predicted octanol–water partition coefficient (Wildman–Crippen LogP) is 2.12. The lowest BCUT2D eigenvalue weighted by Crippen LogP contribution is -2.19. The van der Waals surface area contributed by atoms with E-state index in [-0.39, 0.29) is 5.91 Å². The van der Waals surface area contributed by atoms with Gasteiger partial charge in [0.2, 0.25) is 5.13 Å². The molecule has 0 saturated heterocycles. The SMILES string of the molecule is CCc1nnc(NC(=O)C2=C(C)OCCC2)s1. The summed E-state index contributed by atoms with van der Waals surface area (Å²) in [5.74, 6) is 0.593. The highest BCUT2D eigenvalue weighted by Gasteiger charge is 2.19. The van der Waals surface area contributed by atoms with Crippen LogP contribution in [0.4, 0.5) is 5.13 Å². The highest BCUT2D eigenvalue weighted by molar-refractivity contribution is 7.15. The lowest BCUT2D eigenvalue weighted by atomic mass is 10.1. The normalized spacial score (nSPS) is 15.6. The number of hydrogen-bond donors (Lipinski definition) is 1. The summed E-state index contributed by atoms with van der Waals surface area (Å²) in [5, 5.41) is 12.1. The molecule has 0 fully saturated rings. The van der Waals surface area contributed by atoms with Crippen molar-refractivity contribution in [2.24, 2.45) is 0 Å². The summed E-state index contributed by atoms with van der Waals surface area (Å²) in [4.78, 5) is 12.0. The first-order chi connectivity index (χ1) is 8.20. The van der Waals surface area contributed by atoms with E-state index in [9.17, 15) is 4.79 Å². The number of carbonyl (C=O) groups is 1. The van der Waals surface area contributed by atoms with E-state index >= 15 is 0 Å². The summed E-state index contributed by atoms with van der Waals surface area (Å²) in [7, 11) is 0. The first kappa shape index (κ1) is 12.0. The summed E-state index contributed by atoms with van der Waals surface area (Å²) in [6.07, 6.45) is 2.48. The van der Waals surface area contributed by atoms with E-state index in [1.807, 2.05) is 13.8 Å². The number of amides is 1. The zero-order valence-electron chi connectivity index (χ0n) is 9.95. The molecule has 0 radical (unpaired) electrons. The van der Waals surface area contributed by atoms with Gasteiger partial charge in [0.25, 0.3) is 5.91 Å². The molecule has 6 heteroatoms. The molecular weight excluding hydrogens is 238 g/mol. The Hall–Kier alpha value is -1.43. The second kappa shape index (κ2) is 5.27. The van der Waals surface area contributed by atoms with Crippen LogP contribution in [-0.2, 0) is 16.0 Å². The van der Waals surface area contributed by atoms with Crippen LogP contribution in [0.5, 0.6) is 0 Å². The van der Waals surface area contributed by atoms with Gasteiger partial charge in [0.05, 0.1) is 12.2 Å². The molecule has 0 aromatic carbocycles. The van der Waals surface area contributed by atoms with Crippen LogP contribution in [0.25, 0.3) is 0 Å². The van der Waals surface area contributed by atoms with Gasteiger partial charge in [0, 0.05) is 0 Å². The van der Waals surface area contributed by atoms with E-state index in [1.54, 1.807) is 0 Å². The molecule has 2 heterocycles. The fraction of sp³-hybridized carbons (Fsp3) is 0.545. The fourth-order valence-electron chi connectivity index (χ4n) is 1.63. The first-order valence-electron chi connectivity index (χ1n) is 5.67. The maximum absolute atomic E-state index is 12.0. The predicted molar refractivity (Wildman–Crippen MR) is 65.8 cm³/mol. The van der Waals surface area contributed by atoms with E-state index < -0.39 is 0 Å². The molecule has 92 valence electrons. The van der Waals surface area contributed by atoms with Gasteiger partial charge >= 0.3 is 0 Å². The zero-order chi connectivity index (χ0) is 12.3. The van der Waals surface area contributed by atoms with Crippen molar-refractivity contribution in [2.45, 2.75) is 33.1 Å². The number of carbonyl (C=O) groups excluding carboxylic acids is 1. The van der Waals surface area contributed by atoms with E-state index in [1.165, 1.54) is 11.3 Å². The minimum atomic E-state index is -0.124. The van der Waals surface area contributed by atoms with Gasteiger partial charge in [-0.1, -0.05) is 18.3 Å². The largest absolute Gasteiger partial charge is 0.498 e. The van der Waals surface area contributed by atoms with Crippen LogP contribution in [0.3, 0.4) is 0 Å². The number of nitrogens with zero attached hydrogens (tertiary/aromatic N) is 2. The Kier molecular flexibility index (Phi) is 3.73. The quantitative estimate of drug-likeness (QED) is 0.896. The number of nitrogens with one attached hydrogen (secondary N) is 1. The summed E-state index contributed by atoms with van der Waals surface area (Å²) >= 11 is 1.41. The van der Waals surface area contributed by atoms with Gasteiger partial charge in [0.15, 0.2) is 0 Å². The van der Waals surface area contributed by atoms with Crippen molar-refractivity contribution in [3.8, 4) is 0 Å². The standard InChI is InChI=1S/C11H15N3O2S/c1-3-9-13-14-11(17-9)12-10(15)8-5-4-6-16-7(8)2/h3-6H2,1-2H3,(H,12,14,15). The van der Waals surface area contributed by atoms with Crippen molar-refractivity contribution in [3.63, 3.8) is 0 Å². The van der Waals surface area contributed by atoms with Crippen molar-refractivity contribution in [2.75, 3.05) is 11.9 Å². The third-order valence-electron chi connectivity index (χ3n) is 2.58. The number of hydrogen-bond acceptors (Lipinski definition) is 5. The van der Waals surface area contributed by atoms with Crippen molar-refractivity contribution in [1.29, 1.82) is 0 Å². The molecule has 1 aromatic heterocycles. The van der Waals surface area contributed by atoms with Crippen LogP contribution in [0.1, 0.15) is 31.7 Å². The number of aryl methyl sites for hydroxylation is 1. The average Bonchev–Trinajstić information content (AvgIpc) is 2.77. The highest BCUT2D eigenvalue weighted by atomic mass is 32.1. The Morgan fingerprint density at radius 1 is 1.53 bits per heavy atom. The Morgan fingerprint density at radius 3 is 3.00 bits per heavy atom. The number of allylic oxidation sites excluding steroid dienone is 1. The van der Waals surface area contributed by atoms with Crippen molar-refractivity contribution >= 4 is 22.4 Å². The third-order valence-corrected chi connectivity index (χ3v) is 3.56. The maximum atomic E-state index is 12.0. The van der Waals surface area contributed by atoms with Crippen molar-refractivity contribution in [3.05, 3.63) is 16.3 Å². The van der Waals surface area contributed by atoms with Crippen LogP contribution in [-0.4, -0.2) is 22.7 Å². The van der Waals surface area contributed by atoms with Gasteiger partial charge in [-0.15, -0.1) is 10.2 Å². The molecule has 1 aliphatic heterocycles. The molecule has 1 aliphatic rings. The molecule has 5 nitrogen and oxygen atoms in total. The monoisotopic (exact) mass is 253 g/mol. The number of anilines is 1. The summed E-state index contributed by atoms with van der Waals surface area (Å²) in [5.41, 5.74) is 0.712. The molecule has 0 unspecified atom stereocenters. The molecule has 1 aromatic rings. The molecule has 0 spiro atoms. The van der Waals surface area contributed by atoms with Crippen molar-refractivity contribution in [1.82, 2.24) is 10.2 Å². The molecule has 0 aliphatic carbocycles. The number of ether oxygens (including phenoxy) is 1. The molecule has 0 atom stereocenters. The number of aromatic nitrogens is 2. The van der Waals surface area contributed by atoms with E-state index in [2.05, 4.69) is 15.5 Å². The van der Waals surface area contributed by atoms with Gasteiger partial charge in [-0.3, -0.25) is 10.1 Å². The van der Waals surface area contributed by atoms with Gasteiger partial charge in [-0.25, -0.2) is 0 Å². The van der Waals surface area contributed by atoms with Gasteiger partial charge in [-0.05, 0) is 26.2 Å². The van der Waals surface area contributed by atoms with E-state index in [4.69, 9.17) is 4.74 Å². The topological polar surface area (TPSA) is 64.1 Å². The van der Waals surface area contributed by atoms with Gasteiger partial charge in [0.1, 0.15) is 10.8 Å². The summed E-state index contributed by atoms with van der Waals surface area (Å²) < 4.78 is 5.36. The minimum Gasteiger partial charge on any atom is -0.498 e. The maximum Gasteiger partial charge on any atom is 0.256 e. The minimum absolute atomic E-state index is 0.124. The van der Waals surface area contributed by atoms with Crippen LogP contribution >= 0.6 is 11.3 Å². The fourth-order valence-corrected chi connectivity index (χ4v) is 2.30. The molecular formula is C11H15N3O2S. The van der Waals surface area contributed by atoms with E-state index in [0.717, 1.165) is 24.3 Å². The van der Waals surface area contributed by atoms with Crippen LogP contribution in [0, 0.1) is 0 Å². The molecule has 17 heavy (non-hydrogen) atoms. The highest BCUT2D eigenvalue weighted by Crippen LogP contribution is 2.22. The van der Waals surface area contributed by atoms with Crippen LogP contribution in [0.2, 0.25) is 0 Å². The molecule has 2 rings (SSSR count). The molecule has 0 saturated carbocycles. The lowest BCUT2D eigenvalue weighted by molar-refractivity contribution is -0.113. The van der Waals surface area contributed by atoms with Gasteiger partial charge < -0.3 is 4.74 Å². The first-order valence-corrected chi connectivity index (χ1v) is 6.48. The molecule has 1 N–H and O–H groups in total. The Balaban J connectivity index is 2.06. The second-order valence-corrected chi connectivity index (χ2v) is 4.86. The number of rotatable bonds is 3. The Bertz CT molecular complexity index is 453. The average molecular weight is 253 g/mol. The van der Waals surface area contributed by atoms with Crippen LogP contribution in [0.15, 0.2) is 11.3 Å². The van der Waals surface area contributed by atoms with E-state index in [0.29, 0.717) is 23.1 Å². The van der Waals surface area contributed by atoms with Crippen molar-refractivity contribution < 1.29 is 9.53 Å². The van der Waals surface area contributed by atoms with Gasteiger partial charge in [-0.2, -0.15) is 0 Å². The Morgan fingerprint density at radius 2 is 2.35 bits per heavy atom. The summed E-state index contributed by atoms with van der Waals surface area (Å²) in [6.45, 7) is 4.53. The third kappa shape index (κ3) is 2.82. The zero-order valence-corrected chi connectivity index (χ0v) is 10.8. The van der Waals surface area contributed by atoms with Crippen LogP contribution < -0.4 is 5.32 Å². The smallest absolute Gasteiger partial charge is 0.256 e. The lowest BCUT2D eigenvalue weighted by Gasteiger charge is -2.17. The summed E-state index contributed by atoms with van der Waals surface area (Å²) in [6, 6.07) is 0.